The Balaban J connectivity index is 6.80. The molecule has 0 radical (unpaired) electrons. The number of rotatable bonds is 49. The third kappa shape index (κ3) is 32.9. The minimum atomic E-state index is -2.08. The zero-order valence-corrected chi connectivity index (χ0v) is 47.2. The molecule has 0 aliphatic heterocycles. The fourth-order valence-corrected chi connectivity index (χ4v) is 10.8. The van der Waals surface area contributed by atoms with Crippen LogP contribution in [-0.2, 0) is 57.5 Å². The van der Waals surface area contributed by atoms with Gasteiger partial charge in [0.2, 0.25) is 35.4 Å². The Morgan fingerprint density at radius 2 is 1.00 bits per heavy atom. The number of ketones is 1. The van der Waals surface area contributed by atoms with Crippen molar-refractivity contribution in [2.45, 2.75) is 145 Å². The molecule has 0 bridgehead atoms. The van der Waals surface area contributed by atoms with Crippen molar-refractivity contribution in [3.63, 3.8) is 0 Å². The van der Waals surface area contributed by atoms with E-state index < -0.39 is 197 Å². The summed E-state index contributed by atoms with van der Waals surface area (Å²) in [5.74, 6) is -11.1. The molecular weight excluding hydrogens is 1150 g/mol. The van der Waals surface area contributed by atoms with E-state index in [2.05, 4.69) is 36.6 Å². The maximum absolute atomic E-state index is 14.3. The van der Waals surface area contributed by atoms with Crippen molar-refractivity contribution < 1.29 is 119 Å². The van der Waals surface area contributed by atoms with Gasteiger partial charge in [-0.05, 0) is 32.1 Å². The Morgan fingerprint density at radius 3 is 1.51 bits per heavy atom. The second kappa shape index (κ2) is 44.2. The second-order valence-corrected chi connectivity index (χ2v) is 23.1. The molecule has 0 aromatic rings. The first-order chi connectivity index (χ1) is 37.9. The number of ether oxygens (including phenoxy) is 1. The summed E-state index contributed by atoms with van der Waals surface area (Å²) in [6.07, 6.45) is -17.7. The zero-order valence-electron chi connectivity index (χ0n) is 43.9. The van der Waals surface area contributed by atoms with Gasteiger partial charge in [0.25, 0.3) is 6.47 Å². The topological polar surface area (TPSA) is 512 Å². The molecule has 0 unspecified atom stereocenters. The summed E-state index contributed by atoms with van der Waals surface area (Å²) in [6.45, 7) is -2.21. The number of Topliss-reactive ketones (excluding diaryl/α,β-unsaturated/α-hetero) is 1. The number of aliphatic hydroxyl groups is 10. The van der Waals surface area contributed by atoms with Gasteiger partial charge in [-0.1, -0.05) is 50.1 Å². The number of aldehydes is 1. The summed E-state index contributed by atoms with van der Waals surface area (Å²) in [5.41, 5.74) is 0. The predicted molar refractivity (Wildman–Crippen MR) is 289 cm³/mol. The molecule has 0 saturated heterocycles. The first-order valence-electron chi connectivity index (χ1n) is 25.2. The fourth-order valence-electron chi connectivity index (χ4n) is 6.73. The largest absolute Gasteiger partial charge is 0.481 e. The number of carboxylic acid groups (broad SMARTS) is 2. The van der Waals surface area contributed by atoms with Gasteiger partial charge in [-0.25, -0.2) is 4.79 Å². The standard InChI is InChI=1S/C46H78N6O24S4/c1-2-25(5-8-35(62)48-19-31(58)39(67)41(69)33(60)21-54)43(71)50-27(7-10-38(65)66)30(57)17-26(6-9-36(63)49-20-32(59)40(68)42(70)34(61)22-55)44(72)51-28(18-47-37(64)11-15-78-77-14-4-3-12-53)45(73)52-29(46(74)75)23-80-79-16-13-76-24-56/h12,24-29,31-34,39-42,54-55,58-61,67-70H,2-11,13-23H2,1H3,(H,47,64)(H,48,62)(H,49,63)(H,50,71)(H,51,72)(H,52,73)(H,65,66)(H,74,75)/t25-,26+,27-,28-,29-,31-,32-,33+,34+,39+,40+,41+,42+/m0/s1. The van der Waals surface area contributed by atoms with E-state index in [-0.39, 0.29) is 56.0 Å². The van der Waals surface area contributed by atoms with Gasteiger partial charge in [0, 0.05) is 93.0 Å². The van der Waals surface area contributed by atoms with Crippen LogP contribution in [0.25, 0.3) is 0 Å². The Morgan fingerprint density at radius 1 is 0.525 bits per heavy atom. The average molecular weight is 1230 g/mol. The summed E-state index contributed by atoms with van der Waals surface area (Å²) in [6, 6.07) is -5.01. The van der Waals surface area contributed by atoms with Crippen molar-refractivity contribution >= 4 is 109 Å². The number of aliphatic carboxylic acids is 2. The van der Waals surface area contributed by atoms with Crippen LogP contribution in [0.1, 0.15) is 77.6 Å². The van der Waals surface area contributed by atoms with Gasteiger partial charge in [-0.2, -0.15) is 0 Å². The highest BCUT2D eigenvalue weighted by Crippen LogP contribution is 2.24. The molecule has 0 aromatic heterocycles. The van der Waals surface area contributed by atoms with Crippen LogP contribution in [-0.4, -0.2) is 257 Å². The molecule has 0 aromatic carbocycles. The maximum Gasteiger partial charge on any atom is 0.327 e. The number of carboxylic acids is 2. The minimum Gasteiger partial charge on any atom is -0.481 e. The molecule has 13 atom stereocenters. The average Bonchev–Trinajstić information content (AvgIpc) is 3.43. The number of unbranched alkanes of at least 4 members (excludes halogenated alkanes) is 1. The summed E-state index contributed by atoms with van der Waals surface area (Å²) in [7, 11) is 4.83. The van der Waals surface area contributed by atoms with E-state index in [4.69, 9.17) is 10.2 Å². The zero-order chi connectivity index (χ0) is 60.7. The molecule has 0 heterocycles. The Bertz CT molecular complexity index is 1920. The second-order valence-electron chi connectivity index (χ2n) is 17.8. The van der Waals surface area contributed by atoms with Crippen LogP contribution in [0.15, 0.2) is 0 Å². The SMILES string of the molecule is CC[C@@H](CCC(=O)NC[C@H](O)[C@@H](O)[C@H](O)[C@H](O)CO)C(=O)N[C@@H](CCC(=O)O)C(=O)C[C@@H](CCC(=O)NC[C@H](O)[C@@H](O)[C@H](O)[C@H](O)CO)C(=O)N[C@@H](CNC(=O)CCSSCCCC=O)C(=O)N[C@@H](CSSCCOC=O)C(=O)O. The van der Waals surface area contributed by atoms with Gasteiger partial charge >= 0.3 is 11.9 Å². The van der Waals surface area contributed by atoms with E-state index in [1.165, 1.54) is 21.6 Å². The number of amides is 6. The van der Waals surface area contributed by atoms with Gasteiger partial charge in [0.1, 0.15) is 61.6 Å². The van der Waals surface area contributed by atoms with E-state index in [1.807, 2.05) is 0 Å². The Labute approximate surface area is 476 Å². The van der Waals surface area contributed by atoms with E-state index >= 15 is 0 Å². The highest BCUT2D eigenvalue weighted by molar-refractivity contribution is 8.77. The lowest BCUT2D eigenvalue weighted by Crippen LogP contribution is -2.57. The van der Waals surface area contributed by atoms with Crippen molar-refractivity contribution in [1.29, 1.82) is 0 Å². The molecule has 0 saturated carbocycles. The summed E-state index contributed by atoms with van der Waals surface area (Å²) in [4.78, 5) is 140. The van der Waals surface area contributed by atoms with Crippen molar-refractivity contribution in [3.8, 4) is 0 Å². The van der Waals surface area contributed by atoms with Gasteiger partial charge in [0.05, 0.1) is 31.5 Å². The maximum atomic E-state index is 14.3. The molecular formula is C46H78N6O24S4. The van der Waals surface area contributed by atoms with E-state index in [0.717, 1.165) is 27.9 Å². The first kappa shape index (κ1) is 75.6. The molecule has 34 heteroatoms. The van der Waals surface area contributed by atoms with Crippen molar-refractivity contribution in [2.75, 3.05) is 62.5 Å². The number of hydrogen-bond donors (Lipinski definition) is 18. The van der Waals surface area contributed by atoms with E-state index in [0.29, 0.717) is 18.6 Å². The monoisotopic (exact) mass is 1230 g/mol. The third-order valence-electron chi connectivity index (χ3n) is 11.6. The van der Waals surface area contributed by atoms with Gasteiger partial charge in [-0.3, -0.25) is 43.2 Å². The van der Waals surface area contributed by atoms with Crippen LogP contribution in [0.5, 0.6) is 0 Å². The molecule has 0 rings (SSSR count). The molecule has 6 amide bonds. The molecule has 18 N–H and O–H groups in total. The quantitative estimate of drug-likeness (QED) is 0.0153. The van der Waals surface area contributed by atoms with Crippen LogP contribution in [0.2, 0.25) is 0 Å². The molecule has 30 nitrogen and oxygen atoms in total. The van der Waals surface area contributed by atoms with Gasteiger partial charge in [0.15, 0.2) is 5.78 Å². The minimum absolute atomic E-state index is 0.00288. The normalized spacial score (nSPS) is 16.2. The van der Waals surface area contributed by atoms with E-state index in [1.54, 1.807) is 6.92 Å². The lowest BCUT2D eigenvalue weighted by Gasteiger charge is -2.26. The molecule has 0 fully saturated rings. The van der Waals surface area contributed by atoms with Gasteiger partial charge < -0.3 is 103 Å². The number of nitrogens with one attached hydrogen (secondary N) is 6. The van der Waals surface area contributed by atoms with Gasteiger partial charge in [-0.15, -0.1) is 0 Å². The highest BCUT2D eigenvalue weighted by atomic mass is 33.1. The van der Waals surface area contributed by atoms with Crippen LogP contribution in [0.3, 0.4) is 0 Å². The summed E-state index contributed by atoms with van der Waals surface area (Å²) in [5, 5.41) is 131. The summed E-state index contributed by atoms with van der Waals surface area (Å²) < 4.78 is 4.60. The molecule has 80 heavy (non-hydrogen) atoms. The molecule has 460 valence electrons. The summed E-state index contributed by atoms with van der Waals surface area (Å²) >= 11 is 0. The van der Waals surface area contributed by atoms with Crippen LogP contribution in [0, 0.1) is 11.8 Å². The van der Waals surface area contributed by atoms with Crippen molar-refractivity contribution in [2.24, 2.45) is 11.8 Å². The fraction of sp³-hybridized carbons (Fsp3) is 0.761. The molecule has 0 aliphatic carbocycles. The van der Waals surface area contributed by atoms with E-state index in [9.17, 15) is 104 Å². The third-order valence-corrected chi connectivity index (χ3v) is 16.5. The highest BCUT2D eigenvalue weighted by Gasteiger charge is 2.35. The number of carbonyl (C=O) groups excluding carboxylic acids is 9. The molecule has 0 spiro atoms. The van der Waals surface area contributed by atoms with Crippen LogP contribution < -0.4 is 31.9 Å². The van der Waals surface area contributed by atoms with Crippen LogP contribution in [0.4, 0.5) is 0 Å². The lowest BCUT2D eigenvalue weighted by molar-refractivity contribution is -0.142. The number of aliphatic hydroxyl groups excluding tert-OH is 10. The lowest BCUT2D eigenvalue weighted by atomic mass is 9.90. The predicted octanol–water partition coefficient (Wildman–Crippen LogP) is -5.92. The Hall–Kier alpha value is -4.43. The van der Waals surface area contributed by atoms with Crippen LogP contribution >= 0.6 is 43.2 Å². The smallest absolute Gasteiger partial charge is 0.327 e. The molecule has 0 aliphatic rings. The van der Waals surface area contributed by atoms with Crippen molar-refractivity contribution in [1.82, 2.24) is 31.9 Å². The first-order valence-corrected chi connectivity index (χ1v) is 30.2. The van der Waals surface area contributed by atoms with Crippen molar-refractivity contribution in [3.05, 3.63) is 0 Å². The number of hydrogen-bond acceptors (Lipinski definition) is 26. The Kier molecular flexibility index (Phi) is 41.7. The number of carbonyl (C=O) groups is 11.